The van der Waals surface area contributed by atoms with Gasteiger partial charge in [0.05, 0.1) is 42.9 Å². The third-order valence-electron chi connectivity index (χ3n) is 11.3. The van der Waals surface area contributed by atoms with Crippen LogP contribution in [-0.2, 0) is 17.8 Å². The van der Waals surface area contributed by atoms with Gasteiger partial charge in [0.2, 0.25) is 0 Å². The molecule has 2 aromatic carbocycles. The molecule has 2 fully saturated rings. The van der Waals surface area contributed by atoms with E-state index in [1.54, 1.807) is 0 Å². The monoisotopic (exact) mass is 701 g/mol. The Morgan fingerprint density at radius 1 is 1.10 bits per heavy atom. The number of benzene rings is 2. The molecular weight excluding hydrogens is 653 g/mol. The maximum atomic E-state index is 14.2. The number of aromatic nitrogens is 2. The number of anilines is 1. The highest BCUT2D eigenvalue weighted by Gasteiger charge is 2.71. The van der Waals surface area contributed by atoms with E-state index in [9.17, 15) is 19.1 Å². The summed E-state index contributed by atoms with van der Waals surface area (Å²) in [5, 5.41) is 24.7. The fourth-order valence-corrected chi connectivity index (χ4v) is 13.5. The van der Waals surface area contributed by atoms with E-state index in [1.807, 2.05) is 6.07 Å². The van der Waals surface area contributed by atoms with Crippen molar-refractivity contribution in [1.82, 2.24) is 15.3 Å². The van der Waals surface area contributed by atoms with Crippen molar-refractivity contribution in [2.24, 2.45) is 5.41 Å². The van der Waals surface area contributed by atoms with Crippen molar-refractivity contribution in [2.75, 3.05) is 37.7 Å². The average Bonchev–Trinajstić information content (AvgIpc) is 3.66. The molecule has 1 aromatic heterocycles. The van der Waals surface area contributed by atoms with Crippen LogP contribution < -0.4 is 15.0 Å². The van der Waals surface area contributed by atoms with Gasteiger partial charge in [-0.15, -0.1) is 5.54 Å². The Morgan fingerprint density at radius 2 is 1.80 bits per heavy atom. The molecule has 0 amide bonds. The van der Waals surface area contributed by atoms with Crippen LogP contribution in [0.4, 0.5) is 14.6 Å². The van der Waals surface area contributed by atoms with E-state index in [0.29, 0.717) is 54.9 Å². The smallest absolute Gasteiger partial charge is 0.318 e. The summed E-state index contributed by atoms with van der Waals surface area (Å²) in [6.07, 6.45) is 0.0123. The number of nitriles is 1. The highest BCUT2D eigenvalue weighted by atomic mass is 28.3. The number of nitrogens with one attached hydrogen (secondary N) is 1. The summed E-state index contributed by atoms with van der Waals surface area (Å²) >= 11 is 0. The van der Waals surface area contributed by atoms with E-state index in [-0.39, 0.29) is 31.4 Å². The highest BCUT2D eigenvalue weighted by Crippen LogP contribution is 2.60. The average molecular weight is 702 g/mol. The molecule has 3 heterocycles. The van der Waals surface area contributed by atoms with Crippen LogP contribution in [0.15, 0.2) is 36.4 Å². The van der Waals surface area contributed by atoms with Gasteiger partial charge >= 0.3 is 6.01 Å². The molecular formula is C39H49F2N5O3Si. The van der Waals surface area contributed by atoms with Crippen molar-refractivity contribution >= 4 is 24.7 Å². The zero-order valence-electron chi connectivity index (χ0n) is 30.0. The maximum absolute atomic E-state index is 14.2. The van der Waals surface area contributed by atoms with Crippen LogP contribution in [0.5, 0.6) is 6.01 Å². The normalized spacial score (nSPS) is 23.1. The van der Waals surface area contributed by atoms with Crippen LogP contribution in [0.25, 0.3) is 10.8 Å². The first-order valence-electron chi connectivity index (χ1n) is 17.9. The molecule has 11 heteroatoms. The van der Waals surface area contributed by atoms with Crippen molar-refractivity contribution in [1.29, 1.82) is 5.26 Å². The Kier molecular flexibility index (Phi) is 10.3. The van der Waals surface area contributed by atoms with Gasteiger partial charge in [-0.3, -0.25) is 0 Å². The standard InChI is InChI=1S/C39H49F2N5O3Si/c1-25(2)50(26(3)4,27(5)6)18-14-29-10-7-9-28-11-8-12-31(35(28)29)34-19-33-32(21-48-34)36(46-17-16-43-30(20-46)13-15-42)45-37(44-33)49-24-38(23-47)22-39(38,40)41/h7-12,25-27,30,34,43,47H,13,16-17,19-24H2,1-6H3/t30-,34?,38+/m0/s1. The summed E-state index contributed by atoms with van der Waals surface area (Å²) in [6, 6.07) is 14.7. The SMILES string of the molecule is CC(C)[Si](C#Cc1cccc2cccc(C3Cc4nc(OC[C@]5(CO)CC5(F)F)nc(N5CCN[C@@H](CC#N)C5)c4CO3)c12)(C(C)C)C(C)C. The Labute approximate surface area is 295 Å². The number of aliphatic hydroxyl groups is 1. The lowest BCUT2D eigenvalue weighted by Gasteiger charge is -2.38. The topological polar surface area (TPSA) is 104 Å². The molecule has 0 radical (unpaired) electrons. The predicted molar refractivity (Wildman–Crippen MR) is 194 cm³/mol. The molecule has 1 aliphatic carbocycles. The lowest BCUT2D eigenvalue weighted by molar-refractivity contribution is 0.0117. The van der Waals surface area contributed by atoms with Gasteiger partial charge in [0.15, 0.2) is 0 Å². The number of rotatable bonds is 10. The number of halogens is 2. The van der Waals surface area contributed by atoms with Crippen LogP contribution in [-0.4, -0.2) is 68.0 Å². The van der Waals surface area contributed by atoms with Gasteiger partial charge in [0.25, 0.3) is 5.92 Å². The molecule has 8 nitrogen and oxygen atoms in total. The summed E-state index contributed by atoms with van der Waals surface area (Å²) in [5.74, 6) is 1.34. The van der Waals surface area contributed by atoms with Gasteiger partial charge in [0, 0.05) is 55.0 Å². The number of alkyl halides is 2. The minimum atomic E-state index is -2.99. The van der Waals surface area contributed by atoms with Gasteiger partial charge in [-0.1, -0.05) is 77.8 Å². The number of piperazine rings is 1. The van der Waals surface area contributed by atoms with Gasteiger partial charge in [-0.25, -0.2) is 8.78 Å². The third-order valence-corrected chi connectivity index (χ3v) is 17.6. The first-order chi connectivity index (χ1) is 23.9. The number of nitrogens with zero attached hydrogens (tertiary/aromatic N) is 4. The van der Waals surface area contributed by atoms with Gasteiger partial charge < -0.3 is 24.8 Å². The number of ether oxygens (including phenoxy) is 2. The first kappa shape index (κ1) is 36.2. The molecule has 50 heavy (non-hydrogen) atoms. The Hall–Kier alpha value is -3.61. The summed E-state index contributed by atoms with van der Waals surface area (Å²) in [7, 11) is -1.98. The Morgan fingerprint density at radius 3 is 2.44 bits per heavy atom. The minimum absolute atomic E-state index is 0.00659. The Balaban J connectivity index is 1.39. The van der Waals surface area contributed by atoms with E-state index in [4.69, 9.17) is 19.4 Å². The van der Waals surface area contributed by atoms with Crippen LogP contribution >= 0.6 is 0 Å². The van der Waals surface area contributed by atoms with E-state index in [1.165, 1.54) is 0 Å². The second-order valence-electron chi connectivity index (χ2n) is 15.2. The van der Waals surface area contributed by atoms with Crippen molar-refractivity contribution < 1.29 is 23.4 Å². The van der Waals surface area contributed by atoms with E-state index in [2.05, 4.69) is 99.6 Å². The van der Waals surface area contributed by atoms with E-state index >= 15 is 0 Å². The lowest BCUT2D eigenvalue weighted by Crippen LogP contribution is -2.51. The van der Waals surface area contributed by atoms with Crippen molar-refractivity contribution in [3.05, 3.63) is 58.8 Å². The quantitative estimate of drug-likeness (QED) is 0.171. The Bertz CT molecular complexity index is 1810. The summed E-state index contributed by atoms with van der Waals surface area (Å²) in [5.41, 5.74) is 7.41. The first-order valence-corrected chi connectivity index (χ1v) is 20.1. The van der Waals surface area contributed by atoms with Gasteiger partial charge in [-0.2, -0.15) is 15.2 Å². The summed E-state index contributed by atoms with van der Waals surface area (Å²) in [4.78, 5) is 11.6. The number of aliphatic hydroxyl groups excluding tert-OH is 1. The van der Waals surface area contributed by atoms with Crippen molar-refractivity contribution in [3.63, 3.8) is 0 Å². The molecule has 266 valence electrons. The maximum Gasteiger partial charge on any atom is 0.318 e. The second kappa shape index (κ2) is 14.2. The molecule has 2 N–H and O–H groups in total. The molecule has 0 spiro atoms. The minimum Gasteiger partial charge on any atom is -0.462 e. The summed E-state index contributed by atoms with van der Waals surface area (Å²) in [6.45, 7) is 15.0. The molecule has 1 saturated carbocycles. The highest BCUT2D eigenvalue weighted by molar-refractivity contribution is 6.90. The fraction of sp³-hybridized carbons (Fsp3) is 0.564. The van der Waals surface area contributed by atoms with Crippen LogP contribution in [0, 0.1) is 28.2 Å². The number of hydrogen-bond acceptors (Lipinski definition) is 8. The second-order valence-corrected chi connectivity index (χ2v) is 20.8. The molecule has 3 atom stereocenters. The van der Waals surface area contributed by atoms with Gasteiger partial charge in [-0.05, 0) is 33.6 Å². The number of hydrogen-bond donors (Lipinski definition) is 2. The number of fused-ring (bicyclic) bond motifs is 2. The zero-order chi connectivity index (χ0) is 35.8. The van der Waals surface area contributed by atoms with Crippen LogP contribution in [0.1, 0.15) is 82.9 Å². The molecule has 0 bridgehead atoms. The van der Waals surface area contributed by atoms with E-state index in [0.717, 1.165) is 33.2 Å². The molecule has 1 saturated heterocycles. The molecule has 2 aliphatic heterocycles. The molecule has 3 aliphatic rings. The molecule has 3 aromatic rings. The lowest BCUT2D eigenvalue weighted by atomic mass is 9.92. The third kappa shape index (κ3) is 6.62. The molecule has 1 unspecified atom stereocenters. The summed E-state index contributed by atoms with van der Waals surface area (Å²) < 4.78 is 40.9. The van der Waals surface area contributed by atoms with Crippen molar-refractivity contribution in [3.8, 4) is 23.5 Å². The zero-order valence-corrected chi connectivity index (χ0v) is 31.0. The van der Waals surface area contributed by atoms with Crippen LogP contribution in [0.3, 0.4) is 0 Å². The van der Waals surface area contributed by atoms with E-state index < -0.39 is 32.4 Å². The largest absolute Gasteiger partial charge is 0.462 e. The molecule has 6 rings (SSSR count). The van der Waals surface area contributed by atoms with Gasteiger partial charge in [0.1, 0.15) is 20.5 Å². The predicted octanol–water partition coefficient (Wildman–Crippen LogP) is 7.10. The van der Waals surface area contributed by atoms with Crippen LogP contribution in [0.2, 0.25) is 16.6 Å². The fourth-order valence-electron chi connectivity index (χ4n) is 8.33. The van der Waals surface area contributed by atoms with Crippen molar-refractivity contribution in [2.45, 2.75) is 102 Å².